The highest BCUT2D eigenvalue weighted by Crippen LogP contribution is 2.18. The van der Waals surface area contributed by atoms with E-state index in [1.54, 1.807) is 24.3 Å². The molecule has 1 aliphatic carbocycles. The smallest absolute Gasteiger partial charge is 0.255 e. The minimum absolute atomic E-state index is 0.0996. The molecule has 0 unspecified atom stereocenters. The van der Waals surface area contributed by atoms with Gasteiger partial charge in [0.15, 0.2) is 0 Å². The lowest BCUT2D eigenvalue weighted by molar-refractivity contribution is 0.0926. The molecule has 4 nitrogen and oxygen atoms in total. The van der Waals surface area contributed by atoms with Crippen LogP contribution in [0.2, 0.25) is 0 Å². The molecule has 0 radical (unpaired) electrons. The predicted molar refractivity (Wildman–Crippen MR) is 95.1 cm³/mol. The molecule has 1 fully saturated rings. The van der Waals surface area contributed by atoms with Crippen molar-refractivity contribution in [1.29, 1.82) is 0 Å². The lowest BCUT2D eigenvalue weighted by Gasteiger charge is -2.22. The maximum absolute atomic E-state index is 12.9. The summed E-state index contributed by atoms with van der Waals surface area (Å²) in [6.07, 6.45) is 5.62. The molecular formula is C20H21FN2O2. The summed E-state index contributed by atoms with van der Waals surface area (Å²) in [4.78, 5) is 24.5. The molecule has 130 valence electrons. The van der Waals surface area contributed by atoms with Gasteiger partial charge in [0, 0.05) is 22.9 Å². The highest BCUT2D eigenvalue weighted by Gasteiger charge is 2.17. The fraction of sp³-hybridized carbons (Fsp3) is 0.300. The van der Waals surface area contributed by atoms with Crippen LogP contribution in [-0.4, -0.2) is 17.9 Å². The van der Waals surface area contributed by atoms with Gasteiger partial charge in [0.1, 0.15) is 5.82 Å². The second-order valence-corrected chi connectivity index (χ2v) is 6.35. The molecule has 0 saturated heterocycles. The van der Waals surface area contributed by atoms with Gasteiger partial charge in [-0.1, -0.05) is 19.3 Å². The molecule has 0 spiro atoms. The maximum Gasteiger partial charge on any atom is 0.255 e. The number of amides is 2. The normalized spacial score (nSPS) is 14.8. The van der Waals surface area contributed by atoms with Crippen molar-refractivity contribution in [1.82, 2.24) is 5.32 Å². The number of carbonyl (C=O) groups excluding carboxylic acids is 2. The van der Waals surface area contributed by atoms with E-state index < -0.39 is 0 Å². The number of benzene rings is 2. The maximum atomic E-state index is 12.9. The summed E-state index contributed by atoms with van der Waals surface area (Å²) < 4.78 is 12.9. The summed E-state index contributed by atoms with van der Waals surface area (Å²) in [6, 6.07) is 12.4. The lowest BCUT2D eigenvalue weighted by Crippen LogP contribution is -2.36. The van der Waals surface area contributed by atoms with Gasteiger partial charge >= 0.3 is 0 Å². The molecular weight excluding hydrogens is 319 g/mol. The molecule has 3 rings (SSSR count). The molecule has 25 heavy (non-hydrogen) atoms. The molecule has 2 N–H and O–H groups in total. The van der Waals surface area contributed by atoms with Crippen LogP contribution in [-0.2, 0) is 0 Å². The Labute approximate surface area is 146 Å². The second-order valence-electron chi connectivity index (χ2n) is 6.35. The highest BCUT2D eigenvalue weighted by atomic mass is 19.1. The Morgan fingerprint density at radius 3 is 1.96 bits per heavy atom. The Kier molecular flexibility index (Phi) is 5.43. The Bertz CT molecular complexity index is 735. The van der Waals surface area contributed by atoms with E-state index in [-0.39, 0.29) is 23.7 Å². The Hall–Kier alpha value is -2.69. The van der Waals surface area contributed by atoms with Crippen molar-refractivity contribution < 1.29 is 14.0 Å². The van der Waals surface area contributed by atoms with Gasteiger partial charge < -0.3 is 10.6 Å². The molecule has 5 heteroatoms. The van der Waals surface area contributed by atoms with Gasteiger partial charge in [-0.2, -0.15) is 0 Å². The molecule has 2 aromatic rings. The van der Waals surface area contributed by atoms with E-state index >= 15 is 0 Å². The van der Waals surface area contributed by atoms with Gasteiger partial charge in [0.25, 0.3) is 11.8 Å². The van der Waals surface area contributed by atoms with Crippen LogP contribution in [0.5, 0.6) is 0 Å². The SMILES string of the molecule is O=C(Nc1ccc(F)cc1)c1ccc(C(=O)NC2CCCCC2)cc1. The molecule has 0 heterocycles. The van der Waals surface area contributed by atoms with Gasteiger partial charge in [-0.3, -0.25) is 9.59 Å². The molecule has 2 aromatic carbocycles. The van der Waals surface area contributed by atoms with E-state index in [1.807, 2.05) is 0 Å². The Morgan fingerprint density at radius 2 is 1.36 bits per heavy atom. The zero-order valence-electron chi connectivity index (χ0n) is 13.9. The van der Waals surface area contributed by atoms with E-state index in [0.29, 0.717) is 16.8 Å². The zero-order valence-corrected chi connectivity index (χ0v) is 13.9. The molecule has 0 aromatic heterocycles. The van der Waals surface area contributed by atoms with Gasteiger partial charge in [-0.15, -0.1) is 0 Å². The van der Waals surface area contributed by atoms with E-state index in [1.165, 1.54) is 30.7 Å². The lowest BCUT2D eigenvalue weighted by atomic mass is 9.95. The van der Waals surface area contributed by atoms with Crippen LogP contribution < -0.4 is 10.6 Å². The molecule has 1 saturated carbocycles. The molecule has 0 aliphatic heterocycles. The summed E-state index contributed by atoms with van der Waals surface area (Å²) in [5.74, 6) is -0.755. The molecule has 1 aliphatic rings. The van der Waals surface area contributed by atoms with Crippen molar-refractivity contribution >= 4 is 17.5 Å². The fourth-order valence-electron chi connectivity index (χ4n) is 3.03. The number of hydrogen-bond donors (Lipinski definition) is 2. The Morgan fingerprint density at radius 1 is 0.800 bits per heavy atom. The van der Waals surface area contributed by atoms with Gasteiger partial charge in [0.2, 0.25) is 0 Å². The second kappa shape index (κ2) is 7.92. The van der Waals surface area contributed by atoms with Gasteiger partial charge in [-0.05, 0) is 61.4 Å². The van der Waals surface area contributed by atoms with Crippen LogP contribution in [0.1, 0.15) is 52.8 Å². The quantitative estimate of drug-likeness (QED) is 0.879. The topological polar surface area (TPSA) is 58.2 Å². The molecule has 0 atom stereocenters. The Balaban J connectivity index is 1.59. The van der Waals surface area contributed by atoms with Crippen LogP contribution in [0.15, 0.2) is 48.5 Å². The molecule has 2 amide bonds. The standard InChI is InChI=1S/C20H21FN2O2/c21-16-10-12-18(13-11-16)23-20(25)15-8-6-14(7-9-15)19(24)22-17-4-2-1-3-5-17/h6-13,17H,1-5H2,(H,22,24)(H,23,25). The van der Waals surface area contributed by atoms with Crippen molar-refractivity contribution in [2.45, 2.75) is 38.1 Å². The number of rotatable bonds is 4. The predicted octanol–water partition coefficient (Wildman–Crippen LogP) is 4.14. The third-order valence-electron chi connectivity index (χ3n) is 4.45. The van der Waals surface area contributed by atoms with Crippen LogP contribution in [0.4, 0.5) is 10.1 Å². The summed E-state index contributed by atoms with van der Waals surface area (Å²) in [5.41, 5.74) is 1.51. The minimum atomic E-state index is -0.355. The summed E-state index contributed by atoms with van der Waals surface area (Å²) in [7, 11) is 0. The van der Waals surface area contributed by atoms with Crippen molar-refractivity contribution in [3.8, 4) is 0 Å². The average molecular weight is 340 g/mol. The number of anilines is 1. The number of halogens is 1. The largest absolute Gasteiger partial charge is 0.349 e. The van der Waals surface area contributed by atoms with Crippen molar-refractivity contribution in [3.63, 3.8) is 0 Å². The fourth-order valence-corrected chi connectivity index (χ4v) is 3.03. The van der Waals surface area contributed by atoms with Crippen LogP contribution in [0.3, 0.4) is 0 Å². The average Bonchev–Trinajstić information content (AvgIpc) is 2.64. The zero-order chi connectivity index (χ0) is 17.6. The summed E-state index contributed by atoms with van der Waals surface area (Å²) >= 11 is 0. The first-order chi connectivity index (χ1) is 12.1. The van der Waals surface area contributed by atoms with E-state index in [4.69, 9.17) is 0 Å². The third-order valence-corrected chi connectivity index (χ3v) is 4.45. The van der Waals surface area contributed by atoms with Crippen molar-refractivity contribution in [2.75, 3.05) is 5.32 Å². The first-order valence-electron chi connectivity index (χ1n) is 8.60. The minimum Gasteiger partial charge on any atom is -0.349 e. The number of carbonyl (C=O) groups is 2. The van der Waals surface area contributed by atoms with Crippen molar-refractivity contribution in [2.24, 2.45) is 0 Å². The van der Waals surface area contributed by atoms with Crippen LogP contribution in [0, 0.1) is 5.82 Å². The van der Waals surface area contributed by atoms with Gasteiger partial charge in [-0.25, -0.2) is 4.39 Å². The van der Waals surface area contributed by atoms with E-state index in [0.717, 1.165) is 25.7 Å². The van der Waals surface area contributed by atoms with Gasteiger partial charge in [0.05, 0.1) is 0 Å². The van der Waals surface area contributed by atoms with Crippen LogP contribution in [0.25, 0.3) is 0 Å². The van der Waals surface area contributed by atoms with E-state index in [9.17, 15) is 14.0 Å². The molecule has 0 bridgehead atoms. The first kappa shape index (κ1) is 17.1. The number of hydrogen-bond acceptors (Lipinski definition) is 2. The third kappa shape index (κ3) is 4.66. The number of nitrogens with one attached hydrogen (secondary N) is 2. The monoisotopic (exact) mass is 340 g/mol. The van der Waals surface area contributed by atoms with E-state index in [2.05, 4.69) is 10.6 Å². The first-order valence-corrected chi connectivity index (χ1v) is 8.60. The highest BCUT2D eigenvalue weighted by molar-refractivity contribution is 6.05. The summed E-state index contributed by atoms with van der Waals surface area (Å²) in [5, 5.41) is 5.75. The summed E-state index contributed by atoms with van der Waals surface area (Å²) in [6.45, 7) is 0. The van der Waals surface area contributed by atoms with Crippen molar-refractivity contribution in [3.05, 3.63) is 65.5 Å². The van der Waals surface area contributed by atoms with Crippen LogP contribution >= 0.6 is 0 Å².